The second-order valence-electron chi connectivity index (χ2n) is 4.48. The maximum Gasteiger partial charge on any atom is 0.256 e. The molecule has 0 aliphatic carbocycles. The summed E-state index contributed by atoms with van der Waals surface area (Å²) < 4.78 is 0. The molecule has 1 heterocycles. The lowest BCUT2D eigenvalue weighted by molar-refractivity contribution is 0.0952. The molecule has 2 N–H and O–H groups in total. The predicted molar refractivity (Wildman–Crippen MR) is 79.2 cm³/mol. The lowest BCUT2D eigenvalue weighted by Gasteiger charge is -2.11. The van der Waals surface area contributed by atoms with E-state index in [1.54, 1.807) is 6.92 Å². The number of benzene rings is 1. The number of alkyl halides is 1. The average molecular weight is 291 g/mol. The van der Waals surface area contributed by atoms with Crippen molar-refractivity contribution in [1.82, 2.24) is 10.3 Å². The third-order valence-electron chi connectivity index (χ3n) is 2.90. The Morgan fingerprint density at radius 3 is 2.70 bits per heavy atom. The number of halogens is 1. The first-order valence-corrected chi connectivity index (χ1v) is 6.68. The van der Waals surface area contributed by atoms with Crippen molar-refractivity contribution in [2.75, 3.05) is 6.54 Å². The number of carbonyl (C=O) groups is 1. The van der Waals surface area contributed by atoms with Crippen molar-refractivity contribution in [1.29, 1.82) is 0 Å². The minimum Gasteiger partial charge on any atom is -0.364 e. The second-order valence-corrected chi connectivity index (χ2v) is 5.01. The summed E-state index contributed by atoms with van der Waals surface area (Å²) in [7, 11) is 0. The number of hydrogen-bond acceptors (Lipinski definition) is 2. The van der Waals surface area contributed by atoms with Crippen molar-refractivity contribution in [3.05, 3.63) is 69.6 Å². The molecule has 0 aliphatic heterocycles. The third-order valence-corrected chi connectivity index (χ3v) is 3.31. The number of carbonyl (C=O) groups excluding carboxylic acids is 1. The molecule has 0 spiro atoms. The zero-order chi connectivity index (χ0) is 14.5. The van der Waals surface area contributed by atoms with E-state index in [1.165, 1.54) is 12.3 Å². The maximum atomic E-state index is 11.9. The lowest BCUT2D eigenvalue weighted by Crippen LogP contribution is -2.31. The zero-order valence-electron chi connectivity index (χ0n) is 11.0. The Hall–Kier alpha value is -2.07. The Bertz CT molecular complexity index is 652. The first kappa shape index (κ1) is 14.3. The molecule has 4 nitrogen and oxygen atoms in total. The minimum atomic E-state index is -0.423. The molecule has 5 heteroatoms. The van der Waals surface area contributed by atoms with E-state index < -0.39 is 5.91 Å². The highest BCUT2D eigenvalue weighted by molar-refractivity contribution is 6.21. The largest absolute Gasteiger partial charge is 0.364 e. The molecule has 1 aromatic carbocycles. The van der Waals surface area contributed by atoms with E-state index in [9.17, 15) is 9.59 Å². The van der Waals surface area contributed by atoms with Crippen LogP contribution in [0.5, 0.6) is 0 Å². The molecular formula is C15H15ClN2O2. The number of pyridine rings is 1. The number of hydrogen-bond donors (Lipinski definition) is 2. The topological polar surface area (TPSA) is 62.0 Å². The summed E-state index contributed by atoms with van der Waals surface area (Å²) in [6, 6.07) is 10.8. The fourth-order valence-corrected chi connectivity index (χ4v) is 2.03. The summed E-state index contributed by atoms with van der Waals surface area (Å²) in [6.07, 6.45) is 1.42. The zero-order valence-corrected chi connectivity index (χ0v) is 11.8. The van der Waals surface area contributed by atoms with E-state index in [0.717, 1.165) is 5.56 Å². The van der Waals surface area contributed by atoms with Gasteiger partial charge in [-0.3, -0.25) is 9.59 Å². The highest BCUT2D eigenvalue weighted by Crippen LogP contribution is 2.18. The van der Waals surface area contributed by atoms with E-state index >= 15 is 0 Å². The molecule has 1 amide bonds. The van der Waals surface area contributed by atoms with E-state index in [-0.39, 0.29) is 22.9 Å². The summed E-state index contributed by atoms with van der Waals surface area (Å²) in [5, 5.41) is 2.34. The highest BCUT2D eigenvalue weighted by atomic mass is 35.5. The van der Waals surface area contributed by atoms with Crippen LogP contribution in [0.2, 0.25) is 0 Å². The van der Waals surface area contributed by atoms with Crippen LogP contribution in [0.1, 0.15) is 27.0 Å². The Morgan fingerprint density at radius 2 is 2.05 bits per heavy atom. The number of aromatic nitrogens is 1. The van der Waals surface area contributed by atoms with Crippen molar-refractivity contribution >= 4 is 17.5 Å². The highest BCUT2D eigenvalue weighted by Gasteiger charge is 2.13. The van der Waals surface area contributed by atoms with Gasteiger partial charge in [0.1, 0.15) is 5.56 Å². The van der Waals surface area contributed by atoms with Gasteiger partial charge in [0.05, 0.1) is 5.38 Å². The van der Waals surface area contributed by atoms with E-state index in [1.807, 2.05) is 30.3 Å². The lowest BCUT2D eigenvalue weighted by atomic mass is 10.1. The molecule has 0 radical (unpaired) electrons. The number of nitrogens with one attached hydrogen (secondary N) is 2. The standard InChI is InChI=1S/C15H15ClN2O2/c1-10-7-14(19)12(8-17-10)15(20)18-9-13(16)11-5-3-2-4-6-11/h2-8,13H,9H2,1H3,(H,17,19)(H,18,20). The van der Waals surface area contributed by atoms with Gasteiger partial charge in [-0.2, -0.15) is 0 Å². The van der Waals surface area contributed by atoms with Crippen LogP contribution in [0.4, 0.5) is 0 Å². The quantitative estimate of drug-likeness (QED) is 0.849. The first-order valence-electron chi connectivity index (χ1n) is 6.24. The Morgan fingerprint density at radius 1 is 1.35 bits per heavy atom. The number of amides is 1. The van der Waals surface area contributed by atoms with Crippen LogP contribution < -0.4 is 10.7 Å². The van der Waals surface area contributed by atoms with Gasteiger partial charge in [0.15, 0.2) is 5.43 Å². The van der Waals surface area contributed by atoms with Gasteiger partial charge in [-0.05, 0) is 12.5 Å². The monoisotopic (exact) mass is 290 g/mol. The number of H-pyrrole nitrogens is 1. The van der Waals surface area contributed by atoms with Crippen LogP contribution in [-0.4, -0.2) is 17.4 Å². The molecule has 0 saturated heterocycles. The van der Waals surface area contributed by atoms with Crippen LogP contribution in [-0.2, 0) is 0 Å². The molecule has 1 aromatic heterocycles. The average Bonchev–Trinajstić information content (AvgIpc) is 2.45. The van der Waals surface area contributed by atoms with Gasteiger partial charge < -0.3 is 10.3 Å². The van der Waals surface area contributed by atoms with Crippen molar-refractivity contribution in [3.8, 4) is 0 Å². The smallest absolute Gasteiger partial charge is 0.256 e. The number of aromatic amines is 1. The van der Waals surface area contributed by atoms with Gasteiger partial charge in [0, 0.05) is 24.5 Å². The normalized spacial score (nSPS) is 11.9. The molecule has 2 aromatic rings. The summed E-state index contributed by atoms with van der Waals surface area (Å²) in [5.41, 5.74) is 1.43. The van der Waals surface area contributed by atoms with Crippen molar-refractivity contribution in [2.24, 2.45) is 0 Å². The van der Waals surface area contributed by atoms with E-state index in [0.29, 0.717) is 5.69 Å². The van der Waals surface area contributed by atoms with Crippen molar-refractivity contribution in [3.63, 3.8) is 0 Å². The van der Waals surface area contributed by atoms with Gasteiger partial charge in [0.25, 0.3) is 5.91 Å². The molecule has 20 heavy (non-hydrogen) atoms. The Kier molecular flexibility index (Phi) is 4.58. The molecular weight excluding hydrogens is 276 g/mol. The van der Waals surface area contributed by atoms with Crippen LogP contribution >= 0.6 is 11.6 Å². The van der Waals surface area contributed by atoms with Crippen molar-refractivity contribution < 1.29 is 4.79 Å². The Labute approximate surface area is 121 Å². The van der Waals surface area contributed by atoms with Gasteiger partial charge in [0.2, 0.25) is 0 Å². The first-order chi connectivity index (χ1) is 9.58. The summed E-state index contributed by atoms with van der Waals surface area (Å²) in [6.45, 7) is 2.02. The van der Waals surface area contributed by atoms with Gasteiger partial charge in [-0.1, -0.05) is 30.3 Å². The van der Waals surface area contributed by atoms with Crippen LogP contribution in [0.25, 0.3) is 0 Å². The molecule has 1 unspecified atom stereocenters. The fourth-order valence-electron chi connectivity index (χ4n) is 1.81. The predicted octanol–water partition coefficient (Wildman–Crippen LogP) is 2.39. The third kappa shape index (κ3) is 3.48. The number of rotatable bonds is 4. The fraction of sp³-hybridized carbons (Fsp3) is 0.200. The molecule has 0 aliphatic rings. The molecule has 1 atom stereocenters. The van der Waals surface area contributed by atoms with E-state index in [2.05, 4.69) is 10.3 Å². The Balaban J connectivity index is 2.00. The molecule has 0 fully saturated rings. The van der Waals surface area contributed by atoms with Gasteiger partial charge in [-0.15, -0.1) is 11.6 Å². The van der Waals surface area contributed by atoms with Gasteiger partial charge in [-0.25, -0.2) is 0 Å². The summed E-state index contributed by atoms with van der Waals surface area (Å²) in [4.78, 5) is 26.5. The van der Waals surface area contributed by atoms with Crippen LogP contribution in [0.15, 0.2) is 47.4 Å². The van der Waals surface area contributed by atoms with Crippen LogP contribution in [0.3, 0.4) is 0 Å². The molecule has 104 valence electrons. The second kappa shape index (κ2) is 6.39. The van der Waals surface area contributed by atoms with Gasteiger partial charge >= 0.3 is 0 Å². The minimum absolute atomic E-state index is 0.0903. The molecule has 2 rings (SSSR count). The summed E-state index contributed by atoms with van der Waals surface area (Å²) in [5.74, 6) is -0.423. The SMILES string of the molecule is Cc1cc(=O)c(C(=O)NCC(Cl)c2ccccc2)c[nH]1. The van der Waals surface area contributed by atoms with E-state index in [4.69, 9.17) is 11.6 Å². The maximum absolute atomic E-state index is 11.9. The van der Waals surface area contributed by atoms with Crippen LogP contribution in [0, 0.1) is 6.92 Å². The number of aryl methyl sites for hydroxylation is 1. The summed E-state index contributed by atoms with van der Waals surface area (Å²) >= 11 is 6.20. The molecule has 0 bridgehead atoms. The molecule has 0 saturated carbocycles. The van der Waals surface area contributed by atoms with Crippen molar-refractivity contribution in [2.45, 2.75) is 12.3 Å².